The van der Waals surface area contributed by atoms with Crippen LogP contribution in [0.1, 0.15) is 19.8 Å². The van der Waals surface area contributed by atoms with Crippen molar-refractivity contribution in [2.75, 3.05) is 39.8 Å². The first-order valence-electron chi connectivity index (χ1n) is 9.37. The van der Waals surface area contributed by atoms with Crippen LogP contribution in [0.5, 0.6) is 5.75 Å². The van der Waals surface area contributed by atoms with E-state index in [2.05, 4.69) is 20.5 Å². The summed E-state index contributed by atoms with van der Waals surface area (Å²) in [6, 6.07) is 7.04. The lowest BCUT2D eigenvalue weighted by Crippen LogP contribution is -2.52. The summed E-state index contributed by atoms with van der Waals surface area (Å²) in [5.41, 5.74) is 0. The predicted molar refractivity (Wildman–Crippen MR) is 116 cm³/mol. The molecule has 2 aliphatic rings. The Balaban J connectivity index is 0.00000261. The van der Waals surface area contributed by atoms with E-state index >= 15 is 0 Å². The molecule has 3 rings (SSSR count). The lowest BCUT2D eigenvalue weighted by molar-refractivity contribution is -0.0453. The van der Waals surface area contributed by atoms with Crippen LogP contribution in [0.3, 0.4) is 0 Å². The molecule has 2 N–H and O–H groups in total. The van der Waals surface area contributed by atoms with Crippen molar-refractivity contribution in [1.82, 2.24) is 15.5 Å². The van der Waals surface area contributed by atoms with Gasteiger partial charge in [-0.25, -0.2) is 4.39 Å². The zero-order valence-electron chi connectivity index (χ0n) is 16.0. The summed E-state index contributed by atoms with van der Waals surface area (Å²) in [4.78, 5) is 6.76. The molecule has 27 heavy (non-hydrogen) atoms. The quantitative estimate of drug-likeness (QED) is 0.363. The van der Waals surface area contributed by atoms with Crippen molar-refractivity contribution in [3.05, 3.63) is 30.1 Å². The second-order valence-corrected chi connectivity index (χ2v) is 6.94. The zero-order chi connectivity index (χ0) is 18.4. The van der Waals surface area contributed by atoms with Crippen molar-refractivity contribution in [2.45, 2.75) is 38.0 Å². The molecule has 0 spiro atoms. The van der Waals surface area contributed by atoms with E-state index in [4.69, 9.17) is 9.47 Å². The fourth-order valence-corrected chi connectivity index (χ4v) is 3.48. The highest BCUT2D eigenvalue weighted by Crippen LogP contribution is 2.22. The summed E-state index contributed by atoms with van der Waals surface area (Å²) >= 11 is 0. The summed E-state index contributed by atoms with van der Waals surface area (Å²) < 4.78 is 25.2. The Morgan fingerprint density at radius 1 is 1.41 bits per heavy atom. The van der Waals surface area contributed by atoms with Gasteiger partial charge in [0.05, 0.1) is 19.3 Å². The lowest BCUT2D eigenvalue weighted by atomic mass is 10.2. The predicted octanol–water partition coefficient (Wildman–Crippen LogP) is 2.24. The maximum absolute atomic E-state index is 13.6. The molecule has 8 heteroatoms. The first kappa shape index (κ1) is 22.2. The smallest absolute Gasteiger partial charge is 0.191 e. The van der Waals surface area contributed by atoms with Gasteiger partial charge >= 0.3 is 0 Å². The van der Waals surface area contributed by atoms with Crippen molar-refractivity contribution >= 4 is 29.9 Å². The average molecular weight is 492 g/mol. The topological polar surface area (TPSA) is 58.1 Å². The molecule has 0 aliphatic carbocycles. The van der Waals surface area contributed by atoms with E-state index in [1.807, 2.05) is 6.92 Å². The molecule has 3 atom stereocenters. The Morgan fingerprint density at radius 3 is 3.00 bits per heavy atom. The highest BCUT2D eigenvalue weighted by Gasteiger charge is 2.32. The molecular formula is C19H30FIN4O2. The van der Waals surface area contributed by atoms with Crippen LogP contribution in [-0.2, 0) is 4.74 Å². The van der Waals surface area contributed by atoms with E-state index in [9.17, 15) is 4.39 Å². The first-order chi connectivity index (χ1) is 12.7. The summed E-state index contributed by atoms with van der Waals surface area (Å²) in [5, 5.41) is 6.52. The maximum atomic E-state index is 13.6. The molecule has 0 radical (unpaired) electrons. The Kier molecular flexibility index (Phi) is 9.04. The van der Waals surface area contributed by atoms with Crippen molar-refractivity contribution in [1.29, 1.82) is 0 Å². The lowest BCUT2D eigenvalue weighted by Gasteiger charge is -2.35. The second kappa shape index (κ2) is 11.0. The molecule has 2 aliphatic heterocycles. The number of ether oxygens (including phenoxy) is 2. The van der Waals surface area contributed by atoms with Crippen LogP contribution in [0, 0.1) is 5.82 Å². The number of nitrogens with one attached hydrogen (secondary N) is 2. The van der Waals surface area contributed by atoms with Gasteiger partial charge in [-0.15, -0.1) is 24.0 Å². The molecule has 2 heterocycles. The molecule has 0 aromatic heterocycles. The van der Waals surface area contributed by atoms with E-state index < -0.39 is 0 Å². The minimum absolute atomic E-state index is 0. The van der Waals surface area contributed by atoms with Crippen LogP contribution in [0.15, 0.2) is 29.3 Å². The number of aliphatic imine (C=N–C) groups is 1. The summed E-state index contributed by atoms with van der Waals surface area (Å²) in [7, 11) is 1.73. The van der Waals surface area contributed by atoms with E-state index in [1.54, 1.807) is 25.2 Å². The van der Waals surface area contributed by atoms with Gasteiger partial charge in [-0.3, -0.25) is 9.89 Å². The van der Waals surface area contributed by atoms with Crippen LogP contribution >= 0.6 is 24.0 Å². The van der Waals surface area contributed by atoms with Gasteiger partial charge in [0.15, 0.2) is 17.5 Å². The molecule has 2 fully saturated rings. The van der Waals surface area contributed by atoms with Gasteiger partial charge in [-0.1, -0.05) is 12.1 Å². The van der Waals surface area contributed by atoms with Crippen LogP contribution < -0.4 is 15.4 Å². The normalized spacial score (nSPS) is 23.9. The molecule has 0 saturated carbocycles. The van der Waals surface area contributed by atoms with Crippen LogP contribution in [-0.4, -0.2) is 68.9 Å². The van der Waals surface area contributed by atoms with Crippen LogP contribution in [0.25, 0.3) is 0 Å². The van der Waals surface area contributed by atoms with Gasteiger partial charge in [0.25, 0.3) is 0 Å². The highest BCUT2D eigenvalue weighted by molar-refractivity contribution is 14.0. The van der Waals surface area contributed by atoms with Crippen LogP contribution in [0.2, 0.25) is 0 Å². The largest absolute Gasteiger partial charge is 0.486 e. The van der Waals surface area contributed by atoms with E-state index in [0.29, 0.717) is 25.1 Å². The molecule has 152 valence electrons. The van der Waals surface area contributed by atoms with Gasteiger partial charge in [-0.2, -0.15) is 0 Å². The number of para-hydroxylation sites is 1. The van der Waals surface area contributed by atoms with E-state index in [0.717, 1.165) is 13.2 Å². The van der Waals surface area contributed by atoms with Gasteiger partial charge < -0.3 is 20.1 Å². The Labute approximate surface area is 177 Å². The fourth-order valence-electron chi connectivity index (χ4n) is 3.48. The van der Waals surface area contributed by atoms with Crippen molar-refractivity contribution in [3.8, 4) is 5.75 Å². The number of rotatable bonds is 6. The minimum Gasteiger partial charge on any atom is -0.486 e. The summed E-state index contributed by atoms with van der Waals surface area (Å²) in [6.07, 6.45) is 2.51. The van der Waals surface area contributed by atoms with Crippen molar-refractivity contribution in [3.63, 3.8) is 0 Å². The first-order valence-corrected chi connectivity index (χ1v) is 9.37. The van der Waals surface area contributed by atoms with Crippen molar-refractivity contribution < 1.29 is 13.9 Å². The third kappa shape index (κ3) is 6.46. The minimum atomic E-state index is -0.350. The number of nitrogens with zero attached hydrogens (tertiary/aromatic N) is 2. The van der Waals surface area contributed by atoms with Gasteiger partial charge in [0, 0.05) is 26.2 Å². The Hall–Kier alpha value is -1.13. The van der Waals surface area contributed by atoms with E-state index in [-0.39, 0.29) is 47.8 Å². The average Bonchev–Trinajstić information content (AvgIpc) is 3.11. The number of hydrogen-bond donors (Lipinski definition) is 2. The molecule has 0 amide bonds. The third-order valence-electron chi connectivity index (χ3n) is 4.90. The SMILES string of the molecule is CN=C(NCC(C)Oc1ccccc1F)NCC1CN2CCCC2CO1.I. The monoisotopic (exact) mass is 492 g/mol. The number of benzene rings is 1. The fraction of sp³-hybridized carbons (Fsp3) is 0.632. The molecular weight excluding hydrogens is 462 g/mol. The van der Waals surface area contributed by atoms with Gasteiger partial charge in [0.1, 0.15) is 6.10 Å². The molecule has 2 saturated heterocycles. The molecule has 6 nitrogen and oxygen atoms in total. The number of guanidine groups is 1. The van der Waals surface area contributed by atoms with Gasteiger partial charge in [-0.05, 0) is 38.4 Å². The van der Waals surface area contributed by atoms with Crippen LogP contribution in [0.4, 0.5) is 4.39 Å². The maximum Gasteiger partial charge on any atom is 0.191 e. The molecule has 0 bridgehead atoms. The number of fused-ring (bicyclic) bond motifs is 1. The van der Waals surface area contributed by atoms with Gasteiger partial charge in [0.2, 0.25) is 0 Å². The molecule has 1 aromatic rings. The summed E-state index contributed by atoms with van der Waals surface area (Å²) in [5.74, 6) is 0.609. The number of halogens is 2. The Morgan fingerprint density at radius 2 is 2.22 bits per heavy atom. The Bertz CT molecular complexity index is 619. The standard InChI is InChI=1S/C19H29FN4O2.HI/c1-14(26-18-8-4-3-7-17(18)20)10-22-19(21-2)23-11-16-12-24-9-5-6-15(24)13-25-16;/h3-4,7-8,14-16H,5-6,9-13H2,1-2H3,(H2,21,22,23);1H. The molecule has 3 unspecified atom stereocenters. The second-order valence-electron chi connectivity index (χ2n) is 6.94. The summed E-state index contributed by atoms with van der Waals surface area (Å²) in [6.45, 7) is 6.11. The number of hydrogen-bond acceptors (Lipinski definition) is 4. The third-order valence-corrected chi connectivity index (χ3v) is 4.90. The highest BCUT2D eigenvalue weighted by atomic mass is 127. The van der Waals surface area contributed by atoms with E-state index in [1.165, 1.54) is 25.5 Å². The number of morpholine rings is 1. The molecule has 1 aromatic carbocycles. The van der Waals surface area contributed by atoms with Crippen molar-refractivity contribution in [2.24, 2.45) is 4.99 Å². The zero-order valence-corrected chi connectivity index (χ0v) is 18.3.